The van der Waals surface area contributed by atoms with Crippen LogP contribution in [-0.4, -0.2) is 54.2 Å². The van der Waals surface area contributed by atoms with Crippen molar-refractivity contribution < 1.29 is 42.8 Å². The van der Waals surface area contributed by atoms with Crippen molar-refractivity contribution in [1.29, 1.82) is 0 Å². The molecule has 0 saturated carbocycles. The molecule has 0 saturated heterocycles. The normalized spacial score (nSPS) is 11.6. The fraction of sp³-hybridized carbons (Fsp3) is 0.143. The first kappa shape index (κ1) is 35.3. The predicted molar refractivity (Wildman–Crippen MR) is 195 cm³/mol. The van der Waals surface area contributed by atoms with Crippen molar-refractivity contribution in [1.82, 2.24) is 15.0 Å². The number of nitrogens with zero attached hydrogens (tertiary/aromatic N) is 3. The zero-order valence-electron chi connectivity index (χ0n) is 29.5. The van der Waals surface area contributed by atoms with Crippen molar-refractivity contribution in [3.63, 3.8) is 0 Å². The van der Waals surface area contributed by atoms with Crippen LogP contribution < -0.4 is 28.4 Å². The molecule has 0 bridgehead atoms. The van der Waals surface area contributed by atoms with Gasteiger partial charge >= 0.3 is 17.9 Å². The maximum Gasteiger partial charge on any atom is 0.343 e. The van der Waals surface area contributed by atoms with Gasteiger partial charge in [-0.3, -0.25) is 15.0 Å². The molecule has 0 unspecified atom stereocenters. The maximum absolute atomic E-state index is 13.2. The Hall–Kier alpha value is -7.08. The molecule has 270 valence electrons. The lowest BCUT2D eigenvalue weighted by Crippen LogP contribution is -2.11. The molecule has 1 aliphatic carbocycles. The van der Waals surface area contributed by atoms with Gasteiger partial charge in [0.15, 0.2) is 34.5 Å². The first-order valence-corrected chi connectivity index (χ1v) is 16.8. The molecule has 0 aliphatic heterocycles. The molecule has 0 fully saturated rings. The molecule has 7 rings (SSSR count). The van der Waals surface area contributed by atoms with Gasteiger partial charge in [-0.25, -0.2) is 14.4 Å². The molecule has 0 radical (unpaired) electrons. The number of hydrogen-bond donors (Lipinski definition) is 0. The Kier molecular flexibility index (Phi) is 10.2. The van der Waals surface area contributed by atoms with E-state index in [0.717, 1.165) is 33.4 Å². The fourth-order valence-electron chi connectivity index (χ4n) is 6.19. The topological polar surface area (TPSA) is 145 Å². The summed E-state index contributed by atoms with van der Waals surface area (Å²) in [6.45, 7) is 0. The number of carbonyl (C=O) groups excluding carboxylic acids is 3. The Morgan fingerprint density at radius 2 is 0.611 bits per heavy atom. The monoisotopic (exact) mass is 723 g/mol. The standard InChI is InChI=1S/C42H33N3O9/c1-49-34-19-28-16-32-23-38(53-41(47)26-6-12-44-13-7-26)36(51-3)21-30(32)18-33-24-39(54-42(48)27-8-14-45-15-9-27)35(50-2)20-29(33)17-31(28)22-37(34)52-40(46)25-4-10-43-11-5-25/h4-15,19-24H,16-18H2,1-3H3. The summed E-state index contributed by atoms with van der Waals surface area (Å²) in [5.74, 6) is 0.0449. The third-order valence-corrected chi connectivity index (χ3v) is 8.96. The highest BCUT2D eigenvalue weighted by molar-refractivity contribution is 5.92. The molecule has 0 spiro atoms. The van der Waals surface area contributed by atoms with Gasteiger partial charge in [-0.1, -0.05) is 0 Å². The zero-order chi connectivity index (χ0) is 37.6. The van der Waals surface area contributed by atoms with Crippen LogP contribution in [0.4, 0.5) is 0 Å². The predicted octanol–water partition coefficient (Wildman–Crippen LogP) is 6.64. The SMILES string of the molecule is COc1cc2c(cc1OC(=O)c1ccncc1)Cc1cc(OC)c(OC(=O)c3ccncc3)cc1Cc1cc(OC)c(OC(=O)c3ccncc3)cc1C2. The second-order valence-corrected chi connectivity index (χ2v) is 12.2. The number of hydrogen-bond acceptors (Lipinski definition) is 12. The number of esters is 3. The lowest BCUT2D eigenvalue weighted by Gasteiger charge is -2.17. The van der Waals surface area contributed by atoms with Crippen LogP contribution in [0.2, 0.25) is 0 Å². The van der Waals surface area contributed by atoms with E-state index < -0.39 is 17.9 Å². The zero-order valence-corrected chi connectivity index (χ0v) is 29.5. The molecule has 1 aliphatic rings. The quantitative estimate of drug-likeness (QED) is 0.116. The van der Waals surface area contributed by atoms with Gasteiger partial charge in [0.25, 0.3) is 0 Å². The van der Waals surface area contributed by atoms with Crippen molar-refractivity contribution in [2.24, 2.45) is 0 Å². The van der Waals surface area contributed by atoms with E-state index >= 15 is 0 Å². The van der Waals surface area contributed by atoms with Crippen LogP contribution in [0, 0.1) is 0 Å². The number of benzene rings is 3. The number of aromatic nitrogens is 3. The number of rotatable bonds is 9. The molecule has 0 N–H and O–H groups in total. The Balaban J connectivity index is 1.36. The van der Waals surface area contributed by atoms with Gasteiger partial charge in [-0.2, -0.15) is 0 Å². The highest BCUT2D eigenvalue weighted by Crippen LogP contribution is 2.41. The van der Waals surface area contributed by atoms with Crippen molar-refractivity contribution in [2.45, 2.75) is 19.3 Å². The van der Waals surface area contributed by atoms with Gasteiger partial charge in [0.05, 0.1) is 38.0 Å². The van der Waals surface area contributed by atoms with Crippen LogP contribution in [0.1, 0.15) is 64.5 Å². The van der Waals surface area contributed by atoms with E-state index in [1.807, 2.05) is 18.2 Å². The molecule has 6 aromatic rings. The van der Waals surface area contributed by atoms with E-state index in [0.29, 0.717) is 53.2 Å². The molecule has 12 heteroatoms. The third-order valence-electron chi connectivity index (χ3n) is 8.96. The molecule has 3 aromatic heterocycles. The van der Waals surface area contributed by atoms with Crippen LogP contribution >= 0.6 is 0 Å². The van der Waals surface area contributed by atoms with Gasteiger partial charge in [-0.15, -0.1) is 0 Å². The number of pyridine rings is 3. The first-order valence-electron chi connectivity index (χ1n) is 16.8. The van der Waals surface area contributed by atoms with Crippen molar-refractivity contribution >= 4 is 17.9 Å². The van der Waals surface area contributed by atoms with Crippen LogP contribution in [0.15, 0.2) is 110 Å². The van der Waals surface area contributed by atoms with Gasteiger partial charge in [0.1, 0.15) is 0 Å². The van der Waals surface area contributed by atoms with Gasteiger partial charge in [0.2, 0.25) is 0 Å². The third kappa shape index (κ3) is 7.58. The number of carbonyl (C=O) groups is 3. The van der Waals surface area contributed by atoms with E-state index in [9.17, 15) is 14.4 Å². The highest BCUT2D eigenvalue weighted by atomic mass is 16.6. The molecule has 3 heterocycles. The first-order chi connectivity index (χ1) is 26.3. The molecular weight excluding hydrogens is 690 g/mol. The van der Waals surface area contributed by atoms with E-state index in [1.165, 1.54) is 58.5 Å². The number of fused-ring (bicyclic) bond motifs is 3. The van der Waals surface area contributed by atoms with Crippen LogP contribution in [-0.2, 0) is 19.3 Å². The summed E-state index contributed by atoms with van der Waals surface area (Å²) in [6.07, 6.45) is 10.2. The molecular formula is C42H33N3O9. The molecule has 54 heavy (non-hydrogen) atoms. The Morgan fingerprint density at radius 1 is 0.389 bits per heavy atom. The lowest BCUT2D eigenvalue weighted by molar-refractivity contribution is 0.0720. The highest BCUT2D eigenvalue weighted by Gasteiger charge is 2.25. The summed E-state index contributed by atoms with van der Waals surface area (Å²) in [5, 5.41) is 0. The minimum Gasteiger partial charge on any atom is -0.493 e. The average Bonchev–Trinajstić information content (AvgIpc) is 3.26. The fourth-order valence-corrected chi connectivity index (χ4v) is 6.19. The minimum absolute atomic E-state index is 0.232. The average molecular weight is 724 g/mol. The minimum atomic E-state index is -0.570. The van der Waals surface area contributed by atoms with Gasteiger partial charge in [-0.05, 0) is 125 Å². The maximum atomic E-state index is 13.2. The summed E-state index contributed by atoms with van der Waals surface area (Å²) in [6, 6.07) is 20.3. The number of ether oxygens (including phenoxy) is 6. The van der Waals surface area contributed by atoms with Crippen LogP contribution in [0.5, 0.6) is 34.5 Å². The molecule has 12 nitrogen and oxygen atoms in total. The van der Waals surface area contributed by atoms with Gasteiger partial charge in [0, 0.05) is 37.2 Å². The number of methoxy groups -OCH3 is 3. The summed E-state index contributed by atoms with van der Waals surface area (Å²) < 4.78 is 34.9. The summed E-state index contributed by atoms with van der Waals surface area (Å²) in [5.41, 5.74) is 6.09. The Bertz CT molecular complexity index is 2090. The van der Waals surface area contributed by atoms with E-state index in [-0.39, 0.29) is 17.2 Å². The summed E-state index contributed by atoms with van der Waals surface area (Å²) in [4.78, 5) is 51.4. The molecule has 3 aromatic carbocycles. The van der Waals surface area contributed by atoms with Crippen molar-refractivity contribution in [3.8, 4) is 34.5 Å². The van der Waals surface area contributed by atoms with Crippen molar-refractivity contribution in [3.05, 3.63) is 160 Å². The Morgan fingerprint density at radius 3 is 0.833 bits per heavy atom. The largest absolute Gasteiger partial charge is 0.493 e. The second kappa shape index (κ2) is 15.7. The van der Waals surface area contributed by atoms with Gasteiger partial charge < -0.3 is 28.4 Å². The van der Waals surface area contributed by atoms with Crippen LogP contribution in [0.25, 0.3) is 0 Å². The summed E-state index contributed by atoms with van der Waals surface area (Å²) in [7, 11) is 4.52. The lowest BCUT2D eigenvalue weighted by atomic mass is 9.94. The van der Waals surface area contributed by atoms with Crippen LogP contribution in [0.3, 0.4) is 0 Å². The van der Waals surface area contributed by atoms with E-state index in [4.69, 9.17) is 28.4 Å². The Labute approximate surface area is 310 Å². The van der Waals surface area contributed by atoms with Crippen molar-refractivity contribution in [2.75, 3.05) is 21.3 Å². The van der Waals surface area contributed by atoms with E-state index in [1.54, 1.807) is 54.6 Å². The smallest absolute Gasteiger partial charge is 0.343 e. The van der Waals surface area contributed by atoms with E-state index in [2.05, 4.69) is 15.0 Å². The summed E-state index contributed by atoms with van der Waals surface area (Å²) >= 11 is 0. The molecule has 0 atom stereocenters. The molecule has 0 amide bonds. The second-order valence-electron chi connectivity index (χ2n) is 12.2.